The number of amides is 4. The van der Waals surface area contributed by atoms with Gasteiger partial charge in [0, 0.05) is 48.4 Å². The van der Waals surface area contributed by atoms with Gasteiger partial charge in [-0.1, -0.05) is 73.3 Å². The van der Waals surface area contributed by atoms with Crippen LogP contribution in [0.3, 0.4) is 0 Å². The molecule has 3 aromatic rings. The Morgan fingerprint density at radius 1 is 0.882 bits per heavy atom. The Hall–Kier alpha value is -4.41. The number of nitrogens with one attached hydrogen (secondary N) is 2. The zero-order valence-electron chi connectivity index (χ0n) is 29.7. The first-order valence-electron chi connectivity index (χ1n) is 18.1. The van der Waals surface area contributed by atoms with Crippen molar-refractivity contribution in [2.75, 3.05) is 45.3 Å². The van der Waals surface area contributed by atoms with Crippen LogP contribution in [0.4, 0.5) is 5.69 Å². The van der Waals surface area contributed by atoms with Crippen LogP contribution in [-0.2, 0) is 27.3 Å². The van der Waals surface area contributed by atoms with E-state index in [9.17, 15) is 19.2 Å². The van der Waals surface area contributed by atoms with Crippen LogP contribution in [0.2, 0.25) is 5.02 Å². The zero-order chi connectivity index (χ0) is 36.0. The van der Waals surface area contributed by atoms with Gasteiger partial charge in [-0.25, -0.2) is 0 Å². The second-order valence-electron chi connectivity index (χ2n) is 14.5. The van der Waals surface area contributed by atoms with Gasteiger partial charge in [-0.05, 0) is 87.3 Å². The molecule has 2 saturated heterocycles. The number of benzene rings is 3. The summed E-state index contributed by atoms with van der Waals surface area (Å²) in [5, 5.41) is 6.77. The van der Waals surface area contributed by atoms with Gasteiger partial charge in [0.1, 0.15) is 18.1 Å². The normalized spacial score (nSPS) is 18.3. The number of carbonyl (C=O) groups is 4. The highest BCUT2D eigenvalue weighted by Crippen LogP contribution is 2.39. The van der Waals surface area contributed by atoms with Crippen molar-refractivity contribution >= 4 is 40.9 Å². The second-order valence-corrected chi connectivity index (χ2v) is 14.9. The molecule has 1 saturated carbocycles. The Morgan fingerprint density at radius 2 is 1.53 bits per heavy atom. The number of likely N-dealkylation sites (tertiary alicyclic amines) is 1. The number of piperidine rings is 1. The number of halogens is 1. The molecule has 3 aliphatic rings. The van der Waals surface area contributed by atoms with Gasteiger partial charge >= 0.3 is 0 Å². The largest absolute Gasteiger partial charge is 0.352 e. The van der Waals surface area contributed by atoms with Crippen molar-refractivity contribution < 1.29 is 19.2 Å². The highest BCUT2D eigenvalue weighted by molar-refractivity contribution is 6.30. The van der Waals surface area contributed by atoms with E-state index in [0.29, 0.717) is 49.6 Å². The minimum atomic E-state index is -0.882. The fraction of sp³-hybridized carbons (Fsp3) is 0.450. The quantitative estimate of drug-likeness (QED) is 0.295. The summed E-state index contributed by atoms with van der Waals surface area (Å²) in [6, 6.07) is 23.9. The molecule has 4 amide bonds. The molecule has 0 radical (unpaired) electrons. The summed E-state index contributed by atoms with van der Waals surface area (Å²) in [4.78, 5) is 62.8. The van der Waals surface area contributed by atoms with E-state index in [1.807, 2.05) is 68.7 Å². The summed E-state index contributed by atoms with van der Waals surface area (Å²) in [5.41, 5.74) is 2.46. The summed E-state index contributed by atoms with van der Waals surface area (Å²) in [7, 11) is 3.98. The maximum absolute atomic E-state index is 14.3. The average Bonchev–Trinajstić information content (AvgIpc) is 3.39. The molecule has 11 heteroatoms. The van der Waals surface area contributed by atoms with Crippen molar-refractivity contribution in [2.24, 2.45) is 0 Å². The van der Waals surface area contributed by atoms with Crippen molar-refractivity contribution in [2.45, 2.75) is 75.5 Å². The van der Waals surface area contributed by atoms with Gasteiger partial charge in [-0.15, -0.1) is 0 Å². The SMILES string of the molecule is CN(C)Cc1ccc(C(=O)N[C@H](Cc2ccc(Cl)cc2)C(=O)N2CCC3(CC2)C(=O)N(CC(=O)NC2CCCCC2)CN3c2ccccc2)cc1. The van der Waals surface area contributed by atoms with Gasteiger partial charge in [0.25, 0.3) is 11.8 Å². The van der Waals surface area contributed by atoms with Crippen molar-refractivity contribution in [3.05, 3.63) is 101 Å². The van der Waals surface area contributed by atoms with Crippen molar-refractivity contribution in [3.63, 3.8) is 0 Å². The molecule has 1 aliphatic carbocycles. The zero-order valence-corrected chi connectivity index (χ0v) is 30.4. The van der Waals surface area contributed by atoms with Crippen LogP contribution in [-0.4, -0.2) is 96.3 Å². The summed E-state index contributed by atoms with van der Waals surface area (Å²) in [6.07, 6.45) is 6.48. The Kier molecular flexibility index (Phi) is 11.6. The maximum Gasteiger partial charge on any atom is 0.251 e. The average molecular weight is 713 g/mol. The van der Waals surface area contributed by atoms with Crippen LogP contribution in [0.5, 0.6) is 0 Å². The monoisotopic (exact) mass is 712 g/mol. The number of anilines is 1. The molecule has 0 bridgehead atoms. The Morgan fingerprint density at radius 3 is 2.18 bits per heavy atom. The van der Waals surface area contributed by atoms with Gasteiger partial charge in [0.2, 0.25) is 11.8 Å². The third kappa shape index (κ3) is 8.73. The van der Waals surface area contributed by atoms with Gasteiger partial charge < -0.3 is 30.2 Å². The van der Waals surface area contributed by atoms with E-state index in [-0.39, 0.29) is 36.2 Å². The minimum absolute atomic E-state index is 0.00832. The van der Waals surface area contributed by atoms with Gasteiger partial charge in [0.15, 0.2) is 0 Å². The highest BCUT2D eigenvalue weighted by atomic mass is 35.5. The summed E-state index contributed by atoms with van der Waals surface area (Å²) in [5.74, 6) is -0.726. The first-order valence-corrected chi connectivity index (χ1v) is 18.5. The topological polar surface area (TPSA) is 105 Å². The lowest BCUT2D eigenvalue weighted by Gasteiger charge is -2.44. The predicted molar refractivity (Wildman–Crippen MR) is 199 cm³/mol. The van der Waals surface area contributed by atoms with Crippen LogP contribution < -0.4 is 15.5 Å². The van der Waals surface area contributed by atoms with Gasteiger partial charge in [-0.3, -0.25) is 19.2 Å². The second kappa shape index (κ2) is 16.3. The number of hydrogen-bond donors (Lipinski definition) is 2. The molecule has 3 aromatic carbocycles. The van der Waals surface area contributed by atoms with Crippen LogP contribution in [0.25, 0.3) is 0 Å². The summed E-state index contributed by atoms with van der Waals surface area (Å²) < 4.78 is 0. The van der Waals surface area contributed by atoms with Crippen molar-refractivity contribution in [1.82, 2.24) is 25.3 Å². The molecule has 3 fully saturated rings. The standard InChI is InChI=1S/C40H49ClN6O4/c1-44(2)26-30-13-17-31(18-14-30)37(49)43-35(25-29-15-19-32(41)20-16-29)38(50)45-23-21-40(22-24-45)39(51)46(28-47(40)34-11-7-4-8-12-34)27-36(48)42-33-9-5-3-6-10-33/h4,7-8,11-20,33,35H,3,5-6,9-10,21-28H2,1-2H3,(H,42,48)(H,43,49)/t35-/m1/s1. The molecule has 6 rings (SSSR count). The summed E-state index contributed by atoms with van der Waals surface area (Å²) in [6.45, 7) is 1.74. The van der Waals surface area contributed by atoms with E-state index < -0.39 is 11.6 Å². The molecule has 270 valence electrons. The van der Waals surface area contributed by atoms with E-state index in [0.717, 1.165) is 49.0 Å². The van der Waals surface area contributed by atoms with Crippen LogP contribution in [0, 0.1) is 0 Å². The molecule has 0 unspecified atom stereocenters. The molecule has 2 aliphatic heterocycles. The van der Waals surface area contributed by atoms with E-state index in [1.165, 1.54) is 6.42 Å². The molecule has 1 atom stereocenters. The lowest BCUT2D eigenvalue weighted by atomic mass is 9.85. The van der Waals surface area contributed by atoms with Gasteiger partial charge in [0.05, 0.1) is 6.67 Å². The molecule has 51 heavy (non-hydrogen) atoms. The molecule has 2 heterocycles. The van der Waals surface area contributed by atoms with Crippen LogP contribution >= 0.6 is 11.6 Å². The predicted octanol–water partition coefficient (Wildman–Crippen LogP) is 4.86. The minimum Gasteiger partial charge on any atom is -0.352 e. The van der Waals surface area contributed by atoms with E-state index in [1.54, 1.807) is 34.1 Å². The van der Waals surface area contributed by atoms with Crippen LogP contribution in [0.1, 0.15) is 66.4 Å². The van der Waals surface area contributed by atoms with E-state index in [2.05, 4.69) is 20.4 Å². The maximum atomic E-state index is 14.3. The Labute approximate surface area is 306 Å². The first kappa shape index (κ1) is 36.4. The fourth-order valence-electron chi connectivity index (χ4n) is 7.76. The number of rotatable bonds is 11. The molecular formula is C40H49ClN6O4. The molecule has 2 N–H and O–H groups in total. The molecule has 10 nitrogen and oxygen atoms in total. The van der Waals surface area contributed by atoms with Crippen LogP contribution in [0.15, 0.2) is 78.9 Å². The lowest BCUT2D eigenvalue weighted by Crippen LogP contribution is -2.60. The smallest absolute Gasteiger partial charge is 0.251 e. The Balaban J connectivity index is 1.17. The third-order valence-electron chi connectivity index (χ3n) is 10.5. The number of hydrogen-bond acceptors (Lipinski definition) is 6. The van der Waals surface area contributed by atoms with Crippen molar-refractivity contribution in [1.29, 1.82) is 0 Å². The molecule has 0 aromatic heterocycles. The van der Waals surface area contributed by atoms with E-state index >= 15 is 0 Å². The fourth-order valence-corrected chi connectivity index (χ4v) is 7.88. The summed E-state index contributed by atoms with van der Waals surface area (Å²) >= 11 is 6.14. The van der Waals surface area contributed by atoms with E-state index in [4.69, 9.17) is 11.6 Å². The molecule has 1 spiro atoms. The Bertz CT molecular complexity index is 1670. The number of carbonyl (C=O) groups excluding carboxylic acids is 4. The number of para-hydroxylation sites is 1. The van der Waals surface area contributed by atoms with Crippen molar-refractivity contribution in [3.8, 4) is 0 Å². The lowest BCUT2D eigenvalue weighted by molar-refractivity contribution is -0.140. The van der Waals surface area contributed by atoms with Gasteiger partial charge in [-0.2, -0.15) is 0 Å². The third-order valence-corrected chi connectivity index (χ3v) is 10.7. The number of nitrogens with zero attached hydrogens (tertiary/aromatic N) is 4. The highest BCUT2D eigenvalue weighted by Gasteiger charge is 2.54. The molecular weight excluding hydrogens is 664 g/mol. The first-order chi connectivity index (χ1) is 24.6.